The van der Waals surface area contributed by atoms with Crippen molar-refractivity contribution in [3.05, 3.63) is 23.5 Å². The van der Waals surface area contributed by atoms with Crippen LogP contribution in [0.3, 0.4) is 0 Å². The van der Waals surface area contributed by atoms with Crippen molar-refractivity contribution in [1.82, 2.24) is 4.98 Å². The molecule has 0 aliphatic heterocycles. The summed E-state index contributed by atoms with van der Waals surface area (Å²) in [4.78, 5) is 2.76. The maximum absolute atomic E-state index is 12.7. The molecule has 1 rings (SSSR count). The number of halogens is 5. The number of nitrogens with zero attached hydrogens (tertiary/aromatic N) is 1. The van der Waals surface area contributed by atoms with Crippen LogP contribution in [-0.2, 0) is 0 Å². The SMILES string of the molecule is Cc1c(F)cnc(F)c1OC(F)(F)F. The van der Waals surface area contributed by atoms with Crippen LogP contribution in [0.1, 0.15) is 5.56 Å². The lowest BCUT2D eigenvalue weighted by Crippen LogP contribution is -2.19. The first kappa shape index (κ1) is 10.7. The summed E-state index contributed by atoms with van der Waals surface area (Å²) in [7, 11) is 0. The summed E-state index contributed by atoms with van der Waals surface area (Å²) >= 11 is 0. The summed E-state index contributed by atoms with van der Waals surface area (Å²) < 4.78 is 63.7. The Morgan fingerprint density at radius 2 is 1.86 bits per heavy atom. The van der Waals surface area contributed by atoms with Gasteiger partial charge in [0.05, 0.1) is 6.20 Å². The molecule has 2 nitrogen and oxygen atoms in total. The average Bonchev–Trinajstić information content (AvgIpc) is 2.04. The maximum Gasteiger partial charge on any atom is 0.573 e. The van der Waals surface area contributed by atoms with Crippen molar-refractivity contribution in [3.8, 4) is 5.75 Å². The van der Waals surface area contributed by atoms with Crippen LogP contribution < -0.4 is 4.74 Å². The van der Waals surface area contributed by atoms with Gasteiger partial charge in [0.1, 0.15) is 5.82 Å². The third-order valence-electron chi connectivity index (χ3n) is 1.40. The van der Waals surface area contributed by atoms with Gasteiger partial charge in [0.25, 0.3) is 5.95 Å². The van der Waals surface area contributed by atoms with Gasteiger partial charge in [-0.15, -0.1) is 13.2 Å². The molecule has 0 aromatic carbocycles. The Balaban J connectivity index is 3.13. The second-order valence-electron chi connectivity index (χ2n) is 2.40. The molecular formula is C7H4F5NO. The van der Waals surface area contributed by atoms with E-state index in [4.69, 9.17) is 0 Å². The van der Waals surface area contributed by atoms with E-state index in [0.29, 0.717) is 6.20 Å². The number of pyridine rings is 1. The monoisotopic (exact) mass is 213 g/mol. The first-order chi connectivity index (χ1) is 6.31. The van der Waals surface area contributed by atoms with Gasteiger partial charge in [-0.25, -0.2) is 9.37 Å². The molecule has 0 spiro atoms. The Labute approximate surface area is 75.3 Å². The Bertz CT molecular complexity index is 349. The van der Waals surface area contributed by atoms with Crippen LogP contribution in [0.4, 0.5) is 22.0 Å². The fourth-order valence-corrected chi connectivity index (χ4v) is 0.766. The van der Waals surface area contributed by atoms with Gasteiger partial charge in [0, 0.05) is 5.56 Å². The standard InChI is InChI=1S/C7H4F5NO/c1-3-4(8)2-13-6(9)5(3)14-7(10,11)12/h2H,1H3. The van der Waals surface area contributed by atoms with E-state index in [9.17, 15) is 22.0 Å². The largest absolute Gasteiger partial charge is 0.573 e. The second kappa shape index (κ2) is 3.39. The molecule has 0 amide bonds. The number of hydrogen-bond acceptors (Lipinski definition) is 2. The first-order valence-corrected chi connectivity index (χ1v) is 3.37. The number of aromatic nitrogens is 1. The van der Waals surface area contributed by atoms with Gasteiger partial charge in [0.15, 0.2) is 5.75 Å². The molecule has 0 saturated heterocycles. The molecule has 14 heavy (non-hydrogen) atoms. The third-order valence-corrected chi connectivity index (χ3v) is 1.40. The highest BCUT2D eigenvalue weighted by Crippen LogP contribution is 2.28. The Hall–Kier alpha value is -1.40. The van der Waals surface area contributed by atoms with Gasteiger partial charge < -0.3 is 4.74 Å². The third kappa shape index (κ3) is 2.30. The van der Waals surface area contributed by atoms with Crippen LogP contribution in [0.15, 0.2) is 6.20 Å². The van der Waals surface area contributed by atoms with Crippen LogP contribution in [0, 0.1) is 18.7 Å². The van der Waals surface area contributed by atoms with Crippen molar-refractivity contribution < 1.29 is 26.7 Å². The van der Waals surface area contributed by atoms with Gasteiger partial charge in [-0.2, -0.15) is 4.39 Å². The quantitative estimate of drug-likeness (QED) is 0.528. The topological polar surface area (TPSA) is 22.1 Å². The number of hydrogen-bond donors (Lipinski definition) is 0. The molecule has 1 aromatic heterocycles. The van der Waals surface area contributed by atoms with E-state index in [1.165, 1.54) is 0 Å². The normalized spacial score (nSPS) is 11.6. The molecule has 7 heteroatoms. The second-order valence-corrected chi connectivity index (χ2v) is 2.40. The highest BCUT2D eigenvalue weighted by atomic mass is 19.4. The molecule has 0 radical (unpaired) electrons. The van der Waals surface area contributed by atoms with E-state index in [0.717, 1.165) is 6.92 Å². The number of ether oxygens (including phenoxy) is 1. The predicted molar refractivity (Wildman–Crippen MR) is 35.6 cm³/mol. The highest BCUT2D eigenvalue weighted by molar-refractivity contribution is 5.31. The van der Waals surface area contributed by atoms with Crippen LogP contribution in [0.5, 0.6) is 5.75 Å². The van der Waals surface area contributed by atoms with Gasteiger partial charge in [-0.3, -0.25) is 0 Å². The van der Waals surface area contributed by atoms with Gasteiger partial charge in [-0.1, -0.05) is 0 Å². The van der Waals surface area contributed by atoms with Crippen LogP contribution in [-0.4, -0.2) is 11.3 Å². The molecule has 0 aliphatic carbocycles. The molecule has 78 valence electrons. The molecule has 0 saturated carbocycles. The van der Waals surface area contributed by atoms with Crippen LogP contribution in [0.2, 0.25) is 0 Å². The minimum atomic E-state index is -5.07. The van der Waals surface area contributed by atoms with E-state index < -0.39 is 29.4 Å². The van der Waals surface area contributed by atoms with Gasteiger partial charge >= 0.3 is 6.36 Å². The van der Waals surface area contributed by atoms with Crippen molar-refractivity contribution in [3.63, 3.8) is 0 Å². The van der Waals surface area contributed by atoms with E-state index in [2.05, 4.69) is 9.72 Å². The summed E-state index contributed by atoms with van der Waals surface area (Å²) in [5, 5.41) is 0. The summed E-state index contributed by atoms with van der Waals surface area (Å²) in [6.07, 6.45) is -4.59. The van der Waals surface area contributed by atoms with Crippen LogP contribution >= 0.6 is 0 Å². The minimum Gasteiger partial charge on any atom is -0.400 e. The number of alkyl halides is 3. The van der Waals surface area contributed by atoms with Crippen LogP contribution in [0.25, 0.3) is 0 Å². The summed E-state index contributed by atoms with van der Waals surface area (Å²) in [5.41, 5.74) is -0.574. The van der Waals surface area contributed by atoms with E-state index in [1.54, 1.807) is 0 Å². The van der Waals surface area contributed by atoms with Crippen molar-refractivity contribution in [2.24, 2.45) is 0 Å². The van der Waals surface area contributed by atoms with Crippen molar-refractivity contribution in [1.29, 1.82) is 0 Å². The van der Waals surface area contributed by atoms with Crippen molar-refractivity contribution in [2.45, 2.75) is 13.3 Å². The predicted octanol–water partition coefficient (Wildman–Crippen LogP) is 2.57. The molecule has 1 heterocycles. The molecular weight excluding hydrogens is 209 g/mol. The molecule has 0 aliphatic rings. The zero-order valence-corrected chi connectivity index (χ0v) is 6.82. The minimum absolute atomic E-state index is 0.480. The summed E-state index contributed by atoms with van der Waals surface area (Å²) in [5.74, 6) is -3.80. The molecule has 0 N–H and O–H groups in total. The lowest BCUT2D eigenvalue weighted by molar-refractivity contribution is -0.276. The van der Waals surface area contributed by atoms with Crippen molar-refractivity contribution >= 4 is 0 Å². The Morgan fingerprint density at radius 3 is 2.36 bits per heavy atom. The number of rotatable bonds is 1. The molecule has 0 fully saturated rings. The van der Waals surface area contributed by atoms with Crippen molar-refractivity contribution in [2.75, 3.05) is 0 Å². The molecule has 0 unspecified atom stereocenters. The average molecular weight is 213 g/mol. The molecule has 1 aromatic rings. The zero-order chi connectivity index (χ0) is 10.9. The maximum atomic E-state index is 12.7. The smallest absolute Gasteiger partial charge is 0.400 e. The van der Waals surface area contributed by atoms with Gasteiger partial charge in [0.2, 0.25) is 0 Å². The fourth-order valence-electron chi connectivity index (χ4n) is 0.766. The fraction of sp³-hybridized carbons (Fsp3) is 0.286. The summed E-state index contributed by atoms with van der Waals surface area (Å²) in [6.45, 7) is 0.959. The van der Waals surface area contributed by atoms with E-state index >= 15 is 0 Å². The molecule has 0 atom stereocenters. The van der Waals surface area contributed by atoms with E-state index in [-0.39, 0.29) is 0 Å². The van der Waals surface area contributed by atoms with Gasteiger partial charge in [-0.05, 0) is 6.92 Å². The zero-order valence-electron chi connectivity index (χ0n) is 6.82. The summed E-state index contributed by atoms with van der Waals surface area (Å²) in [6, 6.07) is 0. The lowest BCUT2D eigenvalue weighted by Gasteiger charge is -2.11. The van der Waals surface area contributed by atoms with E-state index in [1.807, 2.05) is 0 Å². The Morgan fingerprint density at radius 1 is 1.29 bits per heavy atom. The molecule has 0 bridgehead atoms. The lowest BCUT2D eigenvalue weighted by atomic mass is 10.2. The highest BCUT2D eigenvalue weighted by Gasteiger charge is 2.34. The Kier molecular flexibility index (Phi) is 2.59. The first-order valence-electron chi connectivity index (χ1n) is 3.37.